The smallest absolute Gasteiger partial charge is 0.310 e. The summed E-state index contributed by atoms with van der Waals surface area (Å²) < 4.78 is 11.9. The zero-order valence-corrected chi connectivity index (χ0v) is 24.4. The van der Waals surface area contributed by atoms with Gasteiger partial charge < -0.3 is 30.7 Å². The van der Waals surface area contributed by atoms with Crippen molar-refractivity contribution in [1.82, 2.24) is 15.5 Å². The second kappa shape index (κ2) is 12.8. The van der Waals surface area contributed by atoms with Gasteiger partial charge in [0.1, 0.15) is 18.1 Å². The van der Waals surface area contributed by atoms with Crippen molar-refractivity contribution in [3.8, 4) is 0 Å². The summed E-state index contributed by atoms with van der Waals surface area (Å²) in [6.07, 6.45) is 3.32. The molecule has 11 heteroatoms. The van der Waals surface area contributed by atoms with Crippen molar-refractivity contribution in [2.45, 2.75) is 96.7 Å². The second-order valence-electron chi connectivity index (χ2n) is 11.8. The lowest BCUT2D eigenvalue weighted by Gasteiger charge is -2.39. The molecule has 2 aliphatic heterocycles. The molecule has 2 unspecified atom stereocenters. The topological polar surface area (TPSA) is 140 Å². The summed E-state index contributed by atoms with van der Waals surface area (Å²) in [5, 5.41) is 5.86. The molecule has 0 bridgehead atoms. The summed E-state index contributed by atoms with van der Waals surface area (Å²) in [6.45, 7) is 8.53. The first-order valence-corrected chi connectivity index (χ1v) is 14.6. The van der Waals surface area contributed by atoms with Crippen LogP contribution in [0.5, 0.6) is 0 Å². The van der Waals surface area contributed by atoms with Gasteiger partial charge in [0, 0.05) is 12.1 Å². The summed E-state index contributed by atoms with van der Waals surface area (Å²) in [5.74, 6) is -0.308. The molecule has 220 valence electrons. The van der Waals surface area contributed by atoms with Crippen molar-refractivity contribution in [3.05, 3.63) is 28.8 Å². The van der Waals surface area contributed by atoms with Crippen molar-refractivity contribution in [2.24, 2.45) is 17.8 Å². The molecule has 0 spiro atoms. The van der Waals surface area contributed by atoms with E-state index in [1.807, 2.05) is 0 Å². The highest BCUT2D eigenvalue weighted by molar-refractivity contribution is 6.33. The van der Waals surface area contributed by atoms with E-state index in [4.69, 9.17) is 26.8 Å². The van der Waals surface area contributed by atoms with Gasteiger partial charge in [-0.2, -0.15) is 0 Å². The van der Waals surface area contributed by atoms with Gasteiger partial charge in [0.2, 0.25) is 18.1 Å². The average molecular weight is 577 g/mol. The number of nitrogen functional groups attached to an aromatic ring is 1. The third kappa shape index (κ3) is 6.89. The van der Waals surface area contributed by atoms with Gasteiger partial charge in [-0.15, -0.1) is 0 Å². The third-order valence-electron chi connectivity index (χ3n) is 8.38. The minimum Gasteiger partial charge on any atom is -0.433 e. The number of nitrogens with two attached hydrogens (primary N) is 1. The lowest BCUT2D eigenvalue weighted by molar-refractivity contribution is -0.191. The summed E-state index contributed by atoms with van der Waals surface area (Å²) in [7, 11) is 0. The van der Waals surface area contributed by atoms with Crippen LogP contribution in [0.15, 0.2) is 18.2 Å². The third-order valence-corrected chi connectivity index (χ3v) is 8.71. The first-order chi connectivity index (χ1) is 18.9. The first kappa shape index (κ1) is 30.1. The fourth-order valence-electron chi connectivity index (χ4n) is 6.06. The number of benzene rings is 1. The second-order valence-corrected chi connectivity index (χ2v) is 12.2. The number of anilines is 1. The minimum atomic E-state index is -0.869. The molecule has 2 saturated heterocycles. The fraction of sp³-hybridized carbons (Fsp3) is 0.655. The highest BCUT2D eigenvalue weighted by Crippen LogP contribution is 2.37. The Hall–Kier alpha value is -2.85. The van der Waals surface area contributed by atoms with Gasteiger partial charge >= 0.3 is 5.97 Å². The number of halogens is 1. The molecular formula is C29H41ClN4O6. The molecule has 0 radical (unpaired) electrons. The van der Waals surface area contributed by atoms with E-state index in [-0.39, 0.29) is 34.9 Å². The Labute approximate surface area is 240 Å². The van der Waals surface area contributed by atoms with Crippen molar-refractivity contribution >= 4 is 41.0 Å². The van der Waals surface area contributed by atoms with Crippen LogP contribution in [-0.4, -0.2) is 65.7 Å². The van der Waals surface area contributed by atoms with Gasteiger partial charge in [-0.1, -0.05) is 38.8 Å². The van der Waals surface area contributed by atoms with E-state index in [0.29, 0.717) is 42.8 Å². The molecule has 3 aliphatic rings. The van der Waals surface area contributed by atoms with Crippen molar-refractivity contribution < 1.29 is 28.7 Å². The maximum atomic E-state index is 13.4. The Balaban J connectivity index is 1.37. The van der Waals surface area contributed by atoms with Gasteiger partial charge in [0.15, 0.2) is 0 Å². The van der Waals surface area contributed by atoms with E-state index < -0.39 is 36.3 Å². The van der Waals surface area contributed by atoms with Crippen LogP contribution in [0.1, 0.15) is 76.6 Å². The van der Waals surface area contributed by atoms with Gasteiger partial charge in [-0.25, -0.2) is 0 Å². The Bertz CT molecular complexity index is 1130. The number of nitrogens with one attached hydrogen (secondary N) is 2. The predicted molar refractivity (Wildman–Crippen MR) is 150 cm³/mol. The summed E-state index contributed by atoms with van der Waals surface area (Å²) in [6, 6.07) is 2.28. The number of carbonyl (C=O) groups is 4. The van der Waals surface area contributed by atoms with E-state index in [0.717, 1.165) is 19.3 Å². The quantitative estimate of drug-likeness (QED) is 0.319. The molecule has 1 aromatic carbocycles. The van der Waals surface area contributed by atoms with Crippen molar-refractivity contribution in [3.63, 3.8) is 0 Å². The van der Waals surface area contributed by atoms with Crippen LogP contribution in [-0.2, 0) is 23.9 Å². The van der Waals surface area contributed by atoms with E-state index in [2.05, 4.69) is 31.4 Å². The monoisotopic (exact) mass is 576 g/mol. The molecule has 3 fully saturated rings. The van der Waals surface area contributed by atoms with Crippen LogP contribution < -0.4 is 16.4 Å². The number of nitrogens with zero attached hydrogens (tertiary/aromatic N) is 1. The minimum absolute atomic E-state index is 0.0162. The Kier molecular flexibility index (Phi) is 9.61. The van der Waals surface area contributed by atoms with Crippen LogP contribution in [0.3, 0.4) is 0 Å². The number of amides is 3. The molecule has 1 aromatic rings. The molecule has 2 heterocycles. The van der Waals surface area contributed by atoms with Crippen molar-refractivity contribution in [2.75, 3.05) is 12.3 Å². The molecule has 10 nitrogen and oxygen atoms in total. The largest absolute Gasteiger partial charge is 0.433 e. The number of rotatable bonds is 8. The fourth-order valence-corrected chi connectivity index (χ4v) is 6.24. The van der Waals surface area contributed by atoms with Gasteiger partial charge in [0.05, 0.1) is 23.2 Å². The first-order valence-electron chi connectivity index (χ1n) is 14.3. The molecule has 3 amide bonds. The molecule has 1 aliphatic carbocycles. The molecule has 1 saturated carbocycles. The number of cyclic esters (lactones) is 1. The van der Waals surface area contributed by atoms with Gasteiger partial charge in [0.25, 0.3) is 5.91 Å². The van der Waals surface area contributed by atoms with Crippen molar-refractivity contribution in [1.29, 1.82) is 0 Å². The molecular weight excluding hydrogens is 536 g/mol. The van der Waals surface area contributed by atoms with E-state index in [9.17, 15) is 19.2 Å². The van der Waals surface area contributed by atoms with Crippen LogP contribution in [0.2, 0.25) is 5.02 Å². The zero-order chi connectivity index (χ0) is 29.1. The predicted octanol–water partition coefficient (Wildman–Crippen LogP) is 3.27. The molecule has 4 N–H and O–H groups in total. The normalized spacial score (nSPS) is 29.2. The van der Waals surface area contributed by atoms with Crippen LogP contribution in [0, 0.1) is 17.8 Å². The average Bonchev–Trinajstić information content (AvgIpc) is 3.51. The van der Waals surface area contributed by atoms with E-state index in [1.54, 1.807) is 6.92 Å². The highest BCUT2D eigenvalue weighted by Gasteiger charge is 2.44. The number of hydrogen-bond donors (Lipinski definition) is 3. The SMILES string of the molecule is CC(C)[C@H]1CC[C@H](C)C[C@@H]1OC1OC(=O)CC1NC(=O)[C@@H]1CCCN1C(=O)[C@H](C)NC(=O)c1ccc(N)c(Cl)c1. The molecule has 7 atom stereocenters. The summed E-state index contributed by atoms with van der Waals surface area (Å²) in [4.78, 5) is 53.1. The standard InChI is InChI=1S/C29H41ClN4O6/c1-15(2)19-9-7-16(3)12-24(19)39-29-22(14-25(35)40-29)33-27(37)23-6-5-11-34(23)28(38)17(4)32-26(36)18-8-10-21(31)20(30)13-18/h8,10,13,15-17,19,22-24,29H,5-7,9,11-12,14,31H2,1-4H3,(H,32,36)(H,33,37)/t16-,17-,19+,22?,23-,24-,29?/m0/s1. The summed E-state index contributed by atoms with van der Waals surface area (Å²) in [5.41, 5.74) is 6.34. The van der Waals surface area contributed by atoms with E-state index >= 15 is 0 Å². The van der Waals surface area contributed by atoms with Crippen LogP contribution in [0.25, 0.3) is 0 Å². The number of esters is 1. The summed E-state index contributed by atoms with van der Waals surface area (Å²) >= 11 is 6.02. The number of likely N-dealkylation sites (tertiary alicyclic amines) is 1. The maximum absolute atomic E-state index is 13.4. The van der Waals surface area contributed by atoms with Crippen LogP contribution in [0.4, 0.5) is 5.69 Å². The zero-order valence-electron chi connectivity index (χ0n) is 23.7. The Morgan fingerprint density at radius 3 is 2.62 bits per heavy atom. The molecule has 0 aromatic heterocycles. The van der Waals surface area contributed by atoms with Gasteiger partial charge in [-0.05, 0) is 68.6 Å². The number of carbonyl (C=O) groups excluding carboxylic acids is 4. The number of hydrogen-bond acceptors (Lipinski definition) is 7. The van der Waals surface area contributed by atoms with Crippen LogP contribution >= 0.6 is 11.6 Å². The molecule has 40 heavy (non-hydrogen) atoms. The van der Waals surface area contributed by atoms with Gasteiger partial charge in [-0.3, -0.25) is 19.2 Å². The lowest BCUT2D eigenvalue weighted by Crippen LogP contribution is -2.55. The lowest BCUT2D eigenvalue weighted by atomic mass is 9.75. The Morgan fingerprint density at radius 2 is 1.93 bits per heavy atom. The highest BCUT2D eigenvalue weighted by atomic mass is 35.5. The maximum Gasteiger partial charge on any atom is 0.310 e. The Morgan fingerprint density at radius 1 is 1.18 bits per heavy atom. The number of ether oxygens (including phenoxy) is 2. The van der Waals surface area contributed by atoms with E-state index in [1.165, 1.54) is 23.1 Å². The molecule has 4 rings (SSSR count).